The third kappa shape index (κ3) is 3.46. The quantitative estimate of drug-likeness (QED) is 0.769. The lowest BCUT2D eigenvalue weighted by atomic mass is 10.1. The molecule has 0 bridgehead atoms. The highest BCUT2D eigenvalue weighted by molar-refractivity contribution is 7.92. The van der Waals surface area contributed by atoms with E-state index < -0.39 is 15.8 Å². The van der Waals surface area contributed by atoms with E-state index >= 15 is 0 Å². The first kappa shape index (κ1) is 18.4. The number of rotatable bonds is 3. The van der Waals surface area contributed by atoms with Crippen LogP contribution in [0.5, 0.6) is 0 Å². The van der Waals surface area contributed by atoms with Crippen LogP contribution in [-0.4, -0.2) is 51.2 Å². The van der Waals surface area contributed by atoms with Crippen LogP contribution < -0.4 is 9.21 Å². The monoisotopic (exact) mass is 412 g/mol. The zero-order valence-corrected chi connectivity index (χ0v) is 16.0. The molecular weight excluding hydrogens is 395 g/mol. The molecule has 3 heterocycles. The van der Waals surface area contributed by atoms with Gasteiger partial charge in [0, 0.05) is 31.4 Å². The Hall–Kier alpha value is -1.97. The molecule has 2 aliphatic rings. The fraction of sp³-hybridized carbons (Fsp3) is 0.412. The minimum Gasteiger partial charge on any atom is -0.378 e. The lowest BCUT2D eigenvalue weighted by Crippen LogP contribution is -2.39. The van der Waals surface area contributed by atoms with Crippen LogP contribution in [-0.2, 0) is 21.2 Å². The number of hydrogen-bond acceptors (Lipinski definition) is 6. The van der Waals surface area contributed by atoms with Gasteiger partial charge in [-0.25, -0.2) is 22.1 Å². The Balaban J connectivity index is 1.74. The Labute approximate surface area is 161 Å². The van der Waals surface area contributed by atoms with Gasteiger partial charge in [-0.1, -0.05) is 11.6 Å². The van der Waals surface area contributed by atoms with Gasteiger partial charge in [0.05, 0.1) is 23.1 Å². The van der Waals surface area contributed by atoms with Gasteiger partial charge in [0.15, 0.2) is 5.82 Å². The van der Waals surface area contributed by atoms with Crippen molar-refractivity contribution in [2.75, 3.05) is 42.1 Å². The highest BCUT2D eigenvalue weighted by Crippen LogP contribution is 2.32. The molecule has 2 aliphatic heterocycles. The maximum Gasteiger partial charge on any atom is 0.265 e. The van der Waals surface area contributed by atoms with Crippen LogP contribution in [0.1, 0.15) is 12.0 Å². The summed E-state index contributed by atoms with van der Waals surface area (Å²) in [4.78, 5) is 10.9. The number of nitrogens with zero attached hydrogens (tertiary/aromatic N) is 4. The van der Waals surface area contributed by atoms with Gasteiger partial charge < -0.3 is 9.64 Å². The first-order valence-electron chi connectivity index (χ1n) is 8.63. The molecule has 0 saturated carbocycles. The molecule has 0 radical (unpaired) electrons. The van der Waals surface area contributed by atoms with Crippen molar-refractivity contribution in [3.63, 3.8) is 0 Å². The molecule has 2 aromatic rings. The van der Waals surface area contributed by atoms with E-state index in [0.717, 1.165) is 17.7 Å². The number of hydrogen-bond donors (Lipinski definition) is 0. The van der Waals surface area contributed by atoms with Crippen LogP contribution in [0.25, 0.3) is 0 Å². The van der Waals surface area contributed by atoms with Gasteiger partial charge in [-0.3, -0.25) is 0 Å². The van der Waals surface area contributed by atoms with Crippen LogP contribution >= 0.6 is 11.6 Å². The summed E-state index contributed by atoms with van der Waals surface area (Å²) in [5.41, 5.74) is 0.773. The minimum atomic E-state index is -3.91. The van der Waals surface area contributed by atoms with Crippen molar-refractivity contribution in [3.05, 3.63) is 40.8 Å². The third-order valence-electron chi connectivity index (χ3n) is 4.65. The van der Waals surface area contributed by atoms with Crippen molar-refractivity contribution >= 4 is 33.4 Å². The molecule has 0 atom stereocenters. The van der Waals surface area contributed by atoms with Crippen molar-refractivity contribution < 1.29 is 17.5 Å². The first-order valence-corrected chi connectivity index (χ1v) is 10.4. The average molecular weight is 413 g/mol. The van der Waals surface area contributed by atoms with E-state index in [-0.39, 0.29) is 9.92 Å². The van der Waals surface area contributed by atoms with E-state index in [4.69, 9.17) is 16.3 Å². The molecule has 27 heavy (non-hydrogen) atoms. The fourth-order valence-electron chi connectivity index (χ4n) is 3.21. The van der Waals surface area contributed by atoms with Gasteiger partial charge in [0.1, 0.15) is 5.82 Å². The molecule has 0 spiro atoms. The summed E-state index contributed by atoms with van der Waals surface area (Å²) in [6.45, 7) is 2.76. The number of aryl methyl sites for hydroxylation is 1. The Morgan fingerprint density at radius 1 is 1.19 bits per heavy atom. The summed E-state index contributed by atoms with van der Waals surface area (Å²) < 4.78 is 46.4. The molecule has 1 aromatic carbocycles. The number of fused-ring (bicyclic) bond motifs is 1. The van der Waals surface area contributed by atoms with Crippen molar-refractivity contribution in [1.29, 1.82) is 0 Å². The molecule has 10 heteroatoms. The second-order valence-electron chi connectivity index (χ2n) is 6.37. The highest BCUT2D eigenvalue weighted by atomic mass is 35.5. The number of benzene rings is 1. The summed E-state index contributed by atoms with van der Waals surface area (Å²) in [5, 5.41) is -0.231. The Kier molecular flexibility index (Phi) is 4.92. The van der Waals surface area contributed by atoms with Crippen LogP contribution in [0, 0.1) is 5.82 Å². The van der Waals surface area contributed by atoms with E-state index in [1.165, 1.54) is 10.4 Å². The van der Waals surface area contributed by atoms with E-state index in [0.29, 0.717) is 57.5 Å². The largest absolute Gasteiger partial charge is 0.378 e. The zero-order chi connectivity index (χ0) is 19.0. The fourth-order valence-corrected chi connectivity index (χ4v) is 4.98. The van der Waals surface area contributed by atoms with Gasteiger partial charge in [-0.05, 0) is 31.0 Å². The molecule has 1 saturated heterocycles. The highest BCUT2D eigenvalue weighted by Gasteiger charge is 2.32. The molecule has 1 aromatic heterocycles. The predicted molar refractivity (Wildman–Crippen MR) is 99.3 cm³/mol. The van der Waals surface area contributed by atoms with Crippen LogP contribution in [0.2, 0.25) is 5.02 Å². The van der Waals surface area contributed by atoms with Crippen LogP contribution in [0.4, 0.5) is 16.2 Å². The zero-order valence-electron chi connectivity index (χ0n) is 14.4. The van der Waals surface area contributed by atoms with E-state index in [1.54, 1.807) is 6.20 Å². The Bertz CT molecular complexity index is 967. The van der Waals surface area contributed by atoms with E-state index in [1.807, 2.05) is 4.90 Å². The smallest absolute Gasteiger partial charge is 0.265 e. The molecule has 1 fully saturated rings. The number of anilines is 2. The van der Waals surface area contributed by atoms with Gasteiger partial charge in [0.25, 0.3) is 10.0 Å². The van der Waals surface area contributed by atoms with Crippen molar-refractivity contribution in [3.8, 4) is 0 Å². The summed E-state index contributed by atoms with van der Waals surface area (Å²) in [6.07, 6.45) is 3.04. The maximum atomic E-state index is 13.5. The molecule has 0 unspecified atom stereocenters. The topological polar surface area (TPSA) is 75.6 Å². The van der Waals surface area contributed by atoms with E-state index in [9.17, 15) is 12.8 Å². The molecule has 0 N–H and O–H groups in total. The summed E-state index contributed by atoms with van der Waals surface area (Å²) in [7, 11) is -3.91. The second-order valence-corrected chi connectivity index (χ2v) is 8.64. The average Bonchev–Trinajstić information content (AvgIpc) is 2.69. The first-order chi connectivity index (χ1) is 13.0. The number of halogens is 2. The van der Waals surface area contributed by atoms with Gasteiger partial charge in [0.2, 0.25) is 5.95 Å². The minimum absolute atomic E-state index is 0.0618. The summed E-state index contributed by atoms with van der Waals surface area (Å²) in [6, 6.07) is 3.40. The SMILES string of the molecule is O=S(=O)(c1ccc(F)c(Cl)c1)N1CCCc2cnc(N3CCOCC3)nc21. The molecule has 4 rings (SSSR count). The Morgan fingerprint density at radius 3 is 2.70 bits per heavy atom. The van der Waals surface area contributed by atoms with Crippen molar-refractivity contribution in [2.45, 2.75) is 17.7 Å². The summed E-state index contributed by atoms with van der Waals surface area (Å²) in [5.74, 6) is 0.195. The van der Waals surface area contributed by atoms with Gasteiger partial charge in [-0.2, -0.15) is 4.98 Å². The maximum absolute atomic E-state index is 13.5. The van der Waals surface area contributed by atoms with Crippen LogP contribution in [0.15, 0.2) is 29.3 Å². The van der Waals surface area contributed by atoms with Crippen molar-refractivity contribution in [2.24, 2.45) is 0 Å². The normalized spacial score (nSPS) is 17.7. The molecule has 7 nitrogen and oxygen atoms in total. The molecular formula is C17H18ClFN4O3S. The number of sulfonamides is 1. The number of morpholine rings is 1. The van der Waals surface area contributed by atoms with Gasteiger partial charge in [-0.15, -0.1) is 0 Å². The molecule has 0 amide bonds. The number of ether oxygens (including phenoxy) is 1. The predicted octanol–water partition coefficient (Wildman–Crippen LogP) is 2.25. The van der Waals surface area contributed by atoms with E-state index in [2.05, 4.69) is 9.97 Å². The second kappa shape index (κ2) is 7.21. The van der Waals surface area contributed by atoms with Crippen LogP contribution in [0.3, 0.4) is 0 Å². The van der Waals surface area contributed by atoms with Gasteiger partial charge >= 0.3 is 0 Å². The number of aromatic nitrogens is 2. The van der Waals surface area contributed by atoms with Crippen molar-refractivity contribution in [1.82, 2.24) is 9.97 Å². The summed E-state index contributed by atoms with van der Waals surface area (Å²) >= 11 is 5.78. The lowest BCUT2D eigenvalue weighted by molar-refractivity contribution is 0.122. The molecule has 144 valence electrons. The Morgan fingerprint density at radius 2 is 1.96 bits per heavy atom. The third-order valence-corrected chi connectivity index (χ3v) is 6.72. The lowest BCUT2D eigenvalue weighted by Gasteiger charge is -2.31. The standard InChI is InChI=1S/C17H18ClFN4O3S/c18-14-10-13(3-4-15(14)19)27(24,25)23-5-1-2-12-11-20-17(21-16(12)23)22-6-8-26-9-7-22/h3-4,10-11H,1-2,5-9H2. The molecule has 0 aliphatic carbocycles.